The molecule has 5 nitrogen and oxygen atoms in total. The molecule has 2 aromatic carbocycles. The molecule has 4 rings (SSSR count). The second-order valence-electron chi connectivity index (χ2n) is 5.53. The number of fused-ring (bicyclic) bond motifs is 1. The minimum atomic E-state index is 0.614. The molecule has 1 fully saturated rings. The van der Waals surface area contributed by atoms with Gasteiger partial charge in [-0.3, -0.25) is 0 Å². The van der Waals surface area contributed by atoms with Gasteiger partial charge in [0, 0.05) is 36.0 Å². The number of rotatable bonds is 3. The Hall–Kier alpha value is -2.66. The summed E-state index contributed by atoms with van der Waals surface area (Å²) in [5.74, 6) is 0.614. The van der Waals surface area contributed by atoms with Gasteiger partial charge in [-0.15, -0.1) is 0 Å². The Labute approximate surface area is 134 Å². The average Bonchev–Trinajstić information content (AvgIpc) is 2.63. The molecule has 1 aromatic heterocycles. The van der Waals surface area contributed by atoms with Crippen molar-refractivity contribution in [1.82, 2.24) is 9.97 Å². The van der Waals surface area contributed by atoms with Crippen molar-refractivity contribution in [2.24, 2.45) is 0 Å². The fourth-order valence-electron chi connectivity index (χ4n) is 2.76. The second-order valence-corrected chi connectivity index (χ2v) is 5.53. The molecule has 1 N–H and O–H groups in total. The molecule has 1 saturated heterocycles. The standard InChI is InChI=1S/C18H18N4O/c1-2-7-17-14(4-1)13-19-18(21-17)20-15-5-3-6-16(12-15)22-8-10-23-11-9-22/h1-7,12-13H,8-11H2,(H,19,20,21). The number of nitrogens with zero attached hydrogens (tertiary/aromatic N) is 3. The first-order chi connectivity index (χ1) is 11.4. The van der Waals surface area contributed by atoms with E-state index in [4.69, 9.17) is 4.74 Å². The van der Waals surface area contributed by atoms with Crippen molar-refractivity contribution in [3.63, 3.8) is 0 Å². The van der Waals surface area contributed by atoms with Crippen LogP contribution in [0, 0.1) is 0 Å². The van der Waals surface area contributed by atoms with E-state index >= 15 is 0 Å². The zero-order valence-corrected chi connectivity index (χ0v) is 12.8. The molecule has 3 aromatic rings. The van der Waals surface area contributed by atoms with Gasteiger partial charge >= 0.3 is 0 Å². The lowest BCUT2D eigenvalue weighted by atomic mass is 10.2. The van der Waals surface area contributed by atoms with E-state index in [2.05, 4.69) is 32.3 Å². The maximum absolute atomic E-state index is 5.41. The van der Waals surface area contributed by atoms with Crippen molar-refractivity contribution < 1.29 is 4.74 Å². The SMILES string of the molecule is c1cc(Nc2ncc3ccccc3n2)cc(N2CCOCC2)c1. The van der Waals surface area contributed by atoms with E-state index in [1.165, 1.54) is 5.69 Å². The Morgan fingerprint density at radius 3 is 2.78 bits per heavy atom. The van der Waals surface area contributed by atoms with Crippen LogP contribution in [0.1, 0.15) is 0 Å². The zero-order valence-electron chi connectivity index (χ0n) is 12.8. The highest BCUT2D eigenvalue weighted by molar-refractivity contribution is 5.79. The molecule has 0 bridgehead atoms. The van der Waals surface area contributed by atoms with E-state index in [1.54, 1.807) is 0 Å². The largest absolute Gasteiger partial charge is 0.378 e. The predicted molar refractivity (Wildman–Crippen MR) is 92.3 cm³/mol. The van der Waals surface area contributed by atoms with Crippen LogP contribution in [-0.4, -0.2) is 36.3 Å². The predicted octanol–water partition coefficient (Wildman–Crippen LogP) is 3.21. The summed E-state index contributed by atoms with van der Waals surface area (Å²) < 4.78 is 5.41. The van der Waals surface area contributed by atoms with E-state index in [-0.39, 0.29) is 0 Å². The molecular formula is C18H18N4O. The van der Waals surface area contributed by atoms with Crippen molar-refractivity contribution in [3.8, 4) is 0 Å². The fourth-order valence-corrected chi connectivity index (χ4v) is 2.76. The molecule has 0 atom stereocenters. The topological polar surface area (TPSA) is 50.3 Å². The van der Waals surface area contributed by atoms with Crippen molar-refractivity contribution >= 4 is 28.2 Å². The Balaban J connectivity index is 1.57. The summed E-state index contributed by atoms with van der Waals surface area (Å²) in [5, 5.41) is 4.34. The molecule has 0 unspecified atom stereocenters. The summed E-state index contributed by atoms with van der Waals surface area (Å²) >= 11 is 0. The number of aromatic nitrogens is 2. The van der Waals surface area contributed by atoms with Crippen molar-refractivity contribution in [1.29, 1.82) is 0 Å². The first-order valence-electron chi connectivity index (χ1n) is 7.80. The summed E-state index contributed by atoms with van der Waals surface area (Å²) in [4.78, 5) is 11.3. The minimum Gasteiger partial charge on any atom is -0.378 e. The van der Waals surface area contributed by atoms with Crippen LogP contribution < -0.4 is 10.2 Å². The Morgan fingerprint density at radius 1 is 1.00 bits per heavy atom. The maximum Gasteiger partial charge on any atom is 0.227 e. The number of morpholine rings is 1. The number of anilines is 3. The van der Waals surface area contributed by atoms with Gasteiger partial charge in [-0.25, -0.2) is 9.97 Å². The molecule has 23 heavy (non-hydrogen) atoms. The lowest BCUT2D eigenvalue weighted by Gasteiger charge is -2.29. The second kappa shape index (κ2) is 6.22. The van der Waals surface area contributed by atoms with Crippen LogP contribution in [-0.2, 0) is 4.74 Å². The lowest BCUT2D eigenvalue weighted by molar-refractivity contribution is 0.122. The minimum absolute atomic E-state index is 0.614. The number of hydrogen-bond donors (Lipinski definition) is 1. The van der Waals surface area contributed by atoms with Crippen molar-refractivity contribution in [3.05, 3.63) is 54.7 Å². The summed E-state index contributed by atoms with van der Waals surface area (Å²) in [6.07, 6.45) is 1.84. The number of nitrogens with one attached hydrogen (secondary N) is 1. The van der Waals surface area contributed by atoms with Crippen LogP contribution in [0.15, 0.2) is 54.7 Å². The van der Waals surface area contributed by atoms with Gasteiger partial charge in [-0.2, -0.15) is 0 Å². The van der Waals surface area contributed by atoms with Crippen LogP contribution in [0.25, 0.3) is 10.9 Å². The molecule has 116 valence electrons. The molecule has 0 radical (unpaired) electrons. The number of benzene rings is 2. The fraction of sp³-hybridized carbons (Fsp3) is 0.222. The average molecular weight is 306 g/mol. The monoisotopic (exact) mass is 306 g/mol. The molecule has 1 aliphatic heterocycles. The number of ether oxygens (including phenoxy) is 1. The van der Waals surface area contributed by atoms with E-state index in [0.29, 0.717) is 5.95 Å². The zero-order chi connectivity index (χ0) is 15.5. The summed E-state index contributed by atoms with van der Waals surface area (Å²) in [7, 11) is 0. The third-order valence-corrected chi connectivity index (χ3v) is 3.97. The van der Waals surface area contributed by atoms with E-state index in [1.807, 2.05) is 42.6 Å². The summed E-state index contributed by atoms with van der Waals surface area (Å²) in [5.41, 5.74) is 3.12. The van der Waals surface area contributed by atoms with Crippen LogP contribution in [0.3, 0.4) is 0 Å². The maximum atomic E-state index is 5.41. The van der Waals surface area contributed by atoms with Crippen molar-refractivity contribution in [2.75, 3.05) is 36.5 Å². The molecule has 0 spiro atoms. The summed E-state index contributed by atoms with van der Waals surface area (Å²) in [6.45, 7) is 3.42. The first kappa shape index (κ1) is 14.0. The van der Waals surface area contributed by atoms with Gasteiger partial charge in [0.15, 0.2) is 0 Å². The van der Waals surface area contributed by atoms with Gasteiger partial charge in [0.2, 0.25) is 5.95 Å². The van der Waals surface area contributed by atoms with Gasteiger partial charge in [-0.1, -0.05) is 24.3 Å². The van der Waals surface area contributed by atoms with E-state index in [9.17, 15) is 0 Å². The van der Waals surface area contributed by atoms with Gasteiger partial charge in [0.1, 0.15) is 0 Å². The highest BCUT2D eigenvalue weighted by Crippen LogP contribution is 2.22. The van der Waals surface area contributed by atoms with Gasteiger partial charge < -0.3 is 15.0 Å². The quantitative estimate of drug-likeness (QED) is 0.805. The Bertz CT molecular complexity index is 815. The molecule has 5 heteroatoms. The molecule has 2 heterocycles. The smallest absolute Gasteiger partial charge is 0.227 e. The molecule has 1 aliphatic rings. The Kier molecular flexibility index (Phi) is 3.78. The molecule has 0 aliphatic carbocycles. The van der Waals surface area contributed by atoms with E-state index in [0.717, 1.165) is 42.9 Å². The summed E-state index contributed by atoms with van der Waals surface area (Å²) in [6, 6.07) is 16.3. The normalized spacial score (nSPS) is 14.9. The number of para-hydroxylation sites is 1. The molecular weight excluding hydrogens is 288 g/mol. The first-order valence-corrected chi connectivity index (χ1v) is 7.80. The number of hydrogen-bond acceptors (Lipinski definition) is 5. The van der Waals surface area contributed by atoms with Crippen LogP contribution in [0.5, 0.6) is 0 Å². The highest BCUT2D eigenvalue weighted by atomic mass is 16.5. The molecule has 0 saturated carbocycles. The van der Waals surface area contributed by atoms with Crippen LogP contribution in [0.4, 0.5) is 17.3 Å². The van der Waals surface area contributed by atoms with Crippen molar-refractivity contribution in [2.45, 2.75) is 0 Å². The third-order valence-electron chi connectivity index (χ3n) is 3.97. The van der Waals surface area contributed by atoms with E-state index < -0.39 is 0 Å². The van der Waals surface area contributed by atoms with Crippen LogP contribution in [0.2, 0.25) is 0 Å². The highest BCUT2D eigenvalue weighted by Gasteiger charge is 2.11. The van der Waals surface area contributed by atoms with Gasteiger partial charge in [-0.05, 0) is 24.3 Å². The van der Waals surface area contributed by atoms with Gasteiger partial charge in [0.25, 0.3) is 0 Å². The van der Waals surface area contributed by atoms with Crippen LogP contribution >= 0.6 is 0 Å². The Morgan fingerprint density at radius 2 is 1.87 bits per heavy atom. The molecule has 0 amide bonds. The lowest BCUT2D eigenvalue weighted by Crippen LogP contribution is -2.36. The third kappa shape index (κ3) is 3.10. The van der Waals surface area contributed by atoms with Gasteiger partial charge in [0.05, 0.1) is 18.7 Å².